The van der Waals surface area contributed by atoms with E-state index in [1.54, 1.807) is 32.4 Å². The van der Waals surface area contributed by atoms with Crippen LogP contribution in [0.4, 0.5) is 14.5 Å². The van der Waals surface area contributed by atoms with Crippen LogP contribution in [-0.4, -0.2) is 30.0 Å². The smallest absolute Gasteiger partial charge is 0.259 e. The zero-order valence-electron chi connectivity index (χ0n) is 21.4. The van der Waals surface area contributed by atoms with Crippen LogP contribution in [0, 0.1) is 11.6 Å². The normalized spacial score (nSPS) is 13.8. The molecule has 0 radical (unpaired) electrons. The van der Waals surface area contributed by atoms with Gasteiger partial charge in [-0.15, -0.1) is 0 Å². The molecule has 40 heavy (non-hydrogen) atoms. The number of halogens is 3. The highest BCUT2D eigenvalue weighted by Crippen LogP contribution is 2.35. The van der Waals surface area contributed by atoms with E-state index in [-0.39, 0.29) is 16.8 Å². The van der Waals surface area contributed by atoms with E-state index in [0.717, 1.165) is 11.3 Å². The first-order valence-electron chi connectivity index (χ1n) is 12.1. The molecular formula is C30H23ClF2N4O3. The van der Waals surface area contributed by atoms with Gasteiger partial charge in [0.25, 0.3) is 5.56 Å². The van der Waals surface area contributed by atoms with Gasteiger partial charge < -0.3 is 19.8 Å². The summed E-state index contributed by atoms with van der Waals surface area (Å²) in [6, 6.07) is 23.1. The van der Waals surface area contributed by atoms with E-state index in [1.165, 1.54) is 30.3 Å². The molecule has 0 aliphatic carbocycles. The fraction of sp³-hybridized carbons (Fsp3) is 0.100. The Morgan fingerprint density at radius 3 is 2.17 bits per heavy atom. The Labute approximate surface area is 233 Å². The van der Waals surface area contributed by atoms with Gasteiger partial charge in [-0.2, -0.15) is 0 Å². The maximum atomic E-state index is 13.3. The van der Waals surface area contributed by atoms with Crippen molar-refractivity contribution in [3.63, 3.8) is 0 Å². The second-order valence-corrected chi connectivity index (χ2v) is 9.06. The summed E-state index contributed by atoms with van der Waals surface area (Å²) in [6.45, 7) is 0. The number of para-hydroxylation sites is 2. The molecule has 6 rings (SSSR count). The lowest BCUT2D eigenvalue weighted by Crippen LogP contribution is -2.20. The molecule has 1 aromatic heterocycles. The van der Waals surface area contributed by atoms with Crippen molar-refractivity contribution in [3.8, 4) is 22.9 Å². The summed E-state index contributed by atoms with van der Waals surface area (Å²) < 4.78 is 37.0. The molecular weight excluding hydrogens is 538 g/mol. The van der Waals surface area contributed by atoms with Crippen LogP contribution in [0.3, 0.4) is 0 Å². The van der Waals surface area contributed by atoms with Crippen LogP contribution < -0.4 is 20.3 Å². The highest BCUT2D eigenvalue weighted by Gasteiger charge is 2.22. The molecule has 0 bridgehead atoms. The van der Waals surface area contributed by atoms with Crippen molar-refractivity contribution in [1.82, 2.24) is 9.97 Å². The predicted molar refractivity (Wildman–Crippen MR) is 152 cm³/mol. The highest BCUT2D eigenvalue weighted by molar-refractivity contribution is 6.24. The summed E-state index contributed by atoms with van der Waals surface area (Å²) in [5.74, 6) is 1.53. The number of fused-ring (bicyclic) bond motifs is 2. The van der Waals surface area contributed by atoms with Crippen LogP contribution in [0.1, 0.15) is 16.6 Å². The Morgan fingerprint density at radius 1 is 0.825 bits per heavy atom. The fourth-order valence-electron chi connectivity index (χ4n) is 4.24. The second-order valence-electron chi connectivity index (χ2n) is 8.65. The standard InChI is InChI=1S/C15H12ClFN2O.C15H11FN2O2/c1-20-13-5-3-2-4-10(13)15-18-12-7-6-9(17)8-11(12)14(16)19-15;1-20-13-5-3-2-4-10(13)14-17-12-7-6-9(16)8-11(12)15(19)18-14/h2-8,14H,1H3,(H,18,19);2-8H,1H3,(H,17,18,19). The van der Waals surface area contributed by atoms with E-state index in [0.29, 0.717) is 39.8 Å². The number of amidine groups is 1. The Bertz CT molecular complexity index is 1790. The predicted octanol–water partition coefficient (Wildman–Crippen LogP) is 6.68. The zero-order chi connectivity index (χ0) is 28.2. The van der Waals surface area contributed by atoms with Crippen molar-refractivity contribution < 1.29 is 18.3 Å². The number of aromatic nitrogens is 2. The maximum absolute atomic E-state index is 13.3. The highest BCUT2D eigenvalue weighted by atomic mass is 35.5. The molecule has 0 spiro atoms. The number of benzene rings is 4. The van der Waals surface area contributed by atoms with E-state index in [9.17, 15) is 13.6 Å². The van der Waals surface area contributed by atoms with Crippen LogP contribution in [0.5, 0.6) is 11.5 Å². The molecule has 0 amide bonds. The first-order chi connectivity index (χ1) is 19.4. The zero-order valence-corrected chi connectivity index (χ0v) is 22.2. The fourth-order valence-corrected chi connectivity index (χ4v) is 4.52. The van der Waals surface area contributed by atoms with Gasteiger partial charge in [-0.05, 0) is 60.7 Å². The minimum Gasteiger partial charge on any atom is -0.496 e. The number of nitrogens with one attached hydrogen (secondary N) is 2. The molecule has 0 saturated heterocycles. The lowest BCUT2D eigenvalue weighted by molar-refractivity contribution is 0.414. The first-order valence-corrected chi connectivity index (χ1v) is 12.6. The van der Waals surface area contributed by atoms with Gasteiger partial charge in [0, 0.05) is 11.3 Å². The summed E-state index contributed by atoms with van der Waals surface area (Å²) in [4.78, 5) is 23.4. The molecule has 1 unspecified atom stereocenters. The van der Waals surface area contributed by atoms with E-state index < -0.39 is 11.3 Å². The number of H-pyrrole nitrogens is 1. The van der Waals surface area contributed by atoms with Gasteiger partial charge in [0.1, 0.15) is 34.8 Å². The molecule has 1 aliphatic heterocycles. The summed E-state index contributed by atoms with van der Waals surface area (Å²) in [5.41, 5.74) is 2.31. The summed E-state index contributed by atoms with van der Waals surface area (Å²) in [5, 5.41) is 3.39. The largest absolute Gasteiger partial charge is 0.496 e. The molecule has 0 saturated carbocycles. The van der Waals surface area contributed by atoms with Gasteiger partial charge >= 0.3 is 0 Å². The SMILES string of the molecule is COc1ccccc1-c1nc2ccc(F)cc2c(=O)[nH]1.COc1ccccc1C1=NC(Cl)c2cc(F)ccc2N1. The van der Waals surface area contributed by atoms with Crippen molar-refractivity contribution in [2.45, 2.75) is 5.50 Å². The Balaban J connectivity index is 0.000000161. The average Bonchev–Trinajstić information content (AvgIpc) is 2.98. The van der Waals surface area contributed by atoms with E-state index in [1.807, 2.05) is 36.4 Å². The summed E-state index contributed by atoms with van der Waals surface area (Å²) >= 11 is 6.22. The van der Waals surface area contributed by atoms with Gasteiger partial charge in [0.05, 0.1) is 36.2 Å². The number of alkyl halides is 1. The molecule has 4 aromatic carbocycles. The minimum atomic E-state index is -0.623. The van der Waals surface area contributed by atoms with E-state index in [2.05, 4.69) is 20.3 Å². The number of nitrogens with zero attached hydrogens (tertiary/aromatic N) is 2. The summed E-state index contributed by atoms with van der Waals surface area (Å²) in [7, 11) is 3.15. The van der Waals surface area contributed by atoms with Gasteiger partial charge in [0.15, 0.2) is 5.50 Å². The molecule has 1 atom stereocenters. The van der Waals surface area contributed by atoms with Crippen molar-refractivity contribution >= 4 is 34.0 Å². The molecule has 2 N–H and O–H groups in total. The maximum Gasteiger partial charge on any atom is 0.259 e. The number of hydrogen-bond donors (Lipinski definition) is 2. The van der Waals surface area contributed by atoms with Crippen molar-refractivity contribution in [2.24, 2.45) is 4.99 Å². The number of hydrogen-bond acceptors (Lipinski definition) is 6. The third-order valence-corrected chi connectivity index (χ3v) is 6.49. The van der Waals surface area contributed by atoms with Crippen LogP contribution in [0.15, 0.2) is 94.7 Å². The quantitative estimate of drug-likeness (QED) is 0.189. The molecule has 202 valence electrons. The van der Waals surface area contributed by atoms with Gasteiger partial charge in [-0.3, -0.25) is 4.79 Å². The second kappa shape index (κ2) is 11.5. The number of ether oxygens (including phenoxy) is 2. The Hall–Kier alpha value is -4.76. The van der Waals surface area contributed by atoms with Crippen molar-refractivity contribution in [1.29, 1.82) is 0 Å². The van der Waals surface area contributed by atoms with Crippen LogP contribution in [-0.2, 0) is 0 Å². The van der Waals surface area contributed by atoms with Crippen molar-refractivity contribution in [3.05, 3.63) is 118 Å². The number of anilines is 1. The van der Waals surface area contributed by atoms with Crippen LogP contribution in [0.2, 0.25) is 0 Å². The summed E-state index contributed by atoms with van der Waals surface area (Å²) in [6.07, 6.45) is 0. The molecule has 0 fully saturated rings. The van der Waals surface area contributed by atoms with Gasteiger partial charge in [-0.25, -0.2) is 18.8 Å². The molecule has 2 heterocycles. The topological polar surface area (TPSA) is 88.6 Å². The van der Waals surface area contributed by atoms with Gasteiger partial charge in [-0.1, -0.05) is 35.9 Å². The number of aliphatic imine (C=N–C) groups is 1. The molecule has 7 nitrogen and oxygen atoms in total. The number of rotatable bonds is 4. The lowest BCUT2D eigenvalue weighted by atomic mass is 10.1. The van der Waals surface area contributed by atoms with E-state index >= 15 is 0 Å². The molecule has 5 aromatic rings. The molecule has 1 aliphatic rings. The lowest BCUT2D eigenvalue weighted by Gasteiger charge is -2.22. The number of methoxy groups -OCH3 is 2. The third kappa shape index (κ3) is 5.50. The van der Waals surface area contributed by atoms with Crippen LogP contribution in [0.25, 0.3) is 22.3 Å². The number of aromatic amines is 1. The minimum absolute atomic E-state index is 0.226. The molecule has 10 heteroatoms. The average molecular weight is 561 g/mol. The first kappa shape index (κ1) is 26.8. The van der Waals surface area contributed by atoms with Crippen LogP contribution >= 0.6 is 11.6 Å². The van der Waals surface area contributed by atoms with E-state index in [4.69, 9.17) is 21.1 Å². The third-order valence-electron chi connectivity index (χ3n) is 6.16. The van der Waals surface area contributed by atoms with Gasteiger partial charge in [0.2, 0.25) is 0 Å². The monoisotopic (exact) mass is 560 g/mol. The Kier molecular flexibility index (Phi) is 7.75. The Morgan fingerprint density at radius 2 is 1.45 bits per heavy atom. The van der Waals surface area contributed by atoms with Crippen molar-refractivity contribution in [2.75, 3.05) is 19.5 Å².